The molecule has 0 radical (unpaired) electrons. The minimum Gasteiger partial charge on any atom is -0.385 e. The van der Waals surface area contributed by atoms with Crippen molar-refractivity contribution >= 4 is 5.78 Å². The van der Waals surface area contributed by atoms with Crippen LogP contribution in [0.5, 0.6) is 0 Å². The fourth-order valence-corrected chi connectivity index (χ4v) is 3.07. The molecule has 2 heteroatoms. The topological polar surface area (TPSA) is 37.3 Å². The van der Waals surface area contributed by atoms with Crippen molar-refractivity contribution in [3.63, 3.8) is 0 Å². The van der Waals surface area contributed by atoms with Crippen LogP contribution in [0, 0.1) is 5.92 Å². The molecule has 0 fully saturated rings. The van der Waals surface area contributed by atoms with E-state index in [4.69, 9.17) is 0 Å². The molecule has 118 valence electrons. The van der Waals surface area contributed by atoms with Crippen LogP contribution in [-0.2, 0) is 0 Å². The molecule has 1 aliphatic rings. The second-order valence-electron chi connectivity index (χ2n) is 6.11. The molecule has 0 bridgehead atoms. The molecule has 2 atom stereocenters. The quantitative estimate of drug-likeness (QED) is 0.558. The number of allylic oxidation sites excluding steroid dienone is 2. The minimum absolute atomic E-state index is 0.0551. The Hall–Kier alpha value is -1.67. The highest BCUT2D eigenvalue weighted by atomic mass is 16.3. The van der Waals surface area contributed by atoms with Crippen molar-refractivity contribution in [1.29, 1.82) is 0 Å². The third-order valence-corrected chi connectivity index (χ3v) is 4.40. The average molecular weight is 298 g/mol. The number of hydrogen-bond acceptors (Lipinski definition) is 2. The summed E-state index contributed by atoms with van der Waals surface area (Å²) in [6, 6.07) is 9.34. The molecule has 0 heterocycles. The van der Waals surface area contributed by atoms with E-state index in [0.717, 1.165) is 19.3 Å². The van der Waals surface area contributed by atoms with Crippen LogP contribution in [0.1, 0.15) is 55.8 Å². The number of carbonyl (C=O) groups is 1. The number of aliphatic hydroxyl groups is 1. The van der Waals surface area contributed by atoms with E-state index < -0.39 is 5.60 Å². The van der Waals surface area contributed by atoms with Crippen molar-refractivity contribution in [2.45, 2.75) is 51.0 Å². The molecule has 0 saturated heterocycles. The van der Waals surface area contributed by atoms with Crippen molar-refractivity contribution in [2.75, 3.05) is 0 Å². The second-order valence-corrected chi connectivity index (χ2v) is 6.11. The van der Waals surface area contributed by atoms with E-state index in [2.05, 4.69) is 6.92 Å². The lowest BCUT2D eigenvalue weighted by Gasteiger charge is -2.33. The van der Waals surface area contributed by atoms with Crippen molar-refractivity contribution in [3.05, 3.63) is 60.2 Å². The van der Waals surface area contributed by atoms with Gasteiger partial charge in [-0.1, -0.05) is 87.2 Å². The molecule has 1 N–H and O–H groups in total. The molecular formula is C20H26O2. The van der Waals surface area contributed by atoms with E-state index in [1.165, 1.54) is 12.8 Å². The van der Waals surface area contributed by atoms with Crippen LogP contribution >= 0.6 is 0 Å². The van der Waals surface area contributed by atoms with Gasteiger partial charge in [-0.15, -0.1) is 0 Å². The highest BCUT2D eigenvalue weighted by molar-refractivity contribution is 5.98. The van der Waals surface area contributed by atoms with Crippen LogP contribution in [-0.4, -0.2) is 16.5 Å². The standard InChI is InChI=1S/C20H26O2/c1-2-3-4-9-14-18(20(22)15-10-6-11-16-20)19(21)17-12-7-5-8-13-17/h5-8,10-13,15,18,22H,2-4,9,14,16H2,1H3. The van der Waals surface area contributed by atoms with Crippen molar-refractivity contribution in [1.82, 2.24) is 0 Å². The zero-order valence-electron chi connectivity index (χ0n) is 13.4. The predicted molar refractivity (Wildman–Crippen MR) is 90.9 cm³/mol. The first kappa shape index (κ1) is 16.7. The molecule has 2 rings (SSSR count). The average Bonchev–Trinajstić information content (AvgIpc) is 2.55. The van der Waals surface area contributed by atoms with Gasteiger partial charge in [0.05, 0.1) is 11.5 Å². The lowest BCUT2D eigenvalue weighted by molar-refractivity contribution is 0.0245. The number of carbonyl (C=O) groups excluding carboxylic acids is 1. The Morgan fingerprint density at radius 3 is 2.59 bits per heavy atom. The Morgan fingerprint density at radius 2 is 1.95 bits per heavy atom. The zero-order chi connectivity index (χ0) is 15.8. The first-order chi connectivity index (χ1) is 10.7. The van der Waals surface area contributed by atoms with Crippen LogP contribution in [0.2, 0.25) is 0 Å². The van der Waals surface area contributed by atoms with Gasteiger partial charge in [0.1, 0.15) is 0 Å². The third kappa shape index (κ3) is 4.17. The second kappa shape index (κ2) is 8.09. The maximum absolute atomic E-state index is 12.9. The number of rotatable bonds is 8. The zero-order valence-corrected chi connectivity index (χ0v) is 13.4. The Balaban J connectivity index is 2.16. The first-order valence-corrected chi connectivity index (χ1v) is 8.33. The molecule has 1 aromatic carbocycles. The summed E-state index contributed by atoms with van der Waals surface area (Å²) in [6.45, 7) is 2.18. The minimum atomic E-state index is -1.05. The summed E-state index contributed by atoms with van der Waals surface area (Å²) in [5, 5.41) is 11.0. The van der Waals surface area contributed by atoms with E-state index in [9.17, 15) is 9.90 Å². The van der Waals surface area contributed by atoms with Gasteiger partial charge in [0.25, 0.3) is 0 Å². The molecule has 1 aliphatic carbocycles. The van der Waals surface area contributed by atoms with Gasteiger partial charge in [-0.3, -0.25) is 4.79 Å². The number of hydrogen-bond donors (Lipinski definition) is 1. The van der Waals surface area contributed by atoms with E-state index in [1.54, 1.807) is 6.08 Å². The maximum atomic E-state index is 12.9. The van der Waals surface area contributed by atoms with Gasteiger partial charge >= 0.3 is 0 Å². The number of benzene rings is 1. The van der Waals surface area contributed by atoms with Gasteiger partial charge in [0.2, 0.25) is 0 Å². The van der Waals surface area contributed by atoms with Crippen LogP contribution in [0.15, 0.2) is 54.6 Å². The summed E-state index contributed by atoms with van der Waals surface area (Å²) in [6.07, 6.45) is 13.2. The van der Waals surface area contributed by atoms with E-state index in [-0.39, 0.29) is 11.7 Å². The SMILES string of the molecule is CCCCCCC(C(=O)c1ccccc1)C1(O)C=CC=CC1. The monoisotopic (exact) mass is 298 g/mol. The Kier molecular flexibility index (Phi) is 6.14. The van der Waals surface area contributed by atoms with E-state index in [0.29, 0.717) is 12.0 Å². The smallest absolute Gasteiger partial charge is 0.169 e. The van der Waals surface area contributed by atoms with Crippen LogP contribution < -0.4 is 0 Å². The number of unbranched alkanes of at least 4 members (excludes halogenated alkanes) is 3. The maximum Gasteiger partial charge on any atom is 0.169 e. The predicted octanol–water partition coefficient (Wildman–Crippen LogP) is 4.70. The van der Waals surface area contributed by atoms with Crippen molar-refractivity contribution < 1.29 is 9.90 Å². The fourth-order valence-electron chi connectivity index (χ4n) is 3.07. The third-order valence-electron chi connectivity index (χ3n) is 4.40. The lowest BCUT2D eigenvalue weighted by Crippen LogP contribution is -2.41. The van der Waals surface area contributed by atoms with Gasteiger partial charge in [-0.05, 0) is 12.8 Å². The highest BCUT2D eigenvalue weighted by Crippen LogP contribution is 2.33. The molecule has 22 heavy (non-hydrogen) atoms. The van der Waals surface area contributed by atoms with Crippen LogP contribution in [0.3, 0.4) is 0 Å². The molecule has 0 spiro atoms. The summed E-state index contributed by atoms with van der Waals surface area (Å²) < 4.78 is 0. The summed E-state index contributed by atoms with van der Waals surface area (Å²) >= 11 is 0. The van der Waals surface area contributed by atoms with E-state index in [1.807, 2.05) is 48.6 Å². The van der Waals surface area contributed by atoms with E-state index >= 15 is 0 Å². The molecule has 0 amide bonds. The molecule has 2 nitrogen and oxygen atoms in total. The molecule has 0 aromatic heterocycles. The van der Waals surface area contributed by atoms with Crippen LogP contribution in [0.25, 0.3) is 0 Å². The Bertz CT molecular complexity index is 530. The molecule has 2 unspecified atom stereocenters. The molecule has 0 saturated carbocycles. The van der Waals surface area contributed by atoms with Gasteiger partial charge in [0, 0.05) is 5.56 Å². The van der Waals surface area contributed by atoms with Gasteiger partial charge in [-0.25, -0.2) is 0 Å². The van der Waals surface area contributed by atoms with Crippen molar-refractivity contribution in [3.8, 4) is 0 Å². The number of Topliss-reactive ketones (excluding diaryl/α,β-unsaturated/α-hetero) is 1. The van der Waals surface area contributed by atoms with Gasteiger partial charge < -0.3 is 5.11 Å². The Labute approximate surface area is 133 Å². The summed E-state index contributed by atoms with van der Waals surface area (Å²) in [7, 11) is 0. The highest BCUT2D eigenvalue weighted by Gasteiger charge is 2.38. The Morgan fingerprint density at radius 1 is 1.18 bits per heavy atom. The fraction of sp³-hybridized carbons (Fsp3) is 0.450. The summed E-state index contributed by atoms with van der Waals surface area (Å²) in [5.41, 5.74) is -0.354. The van der Waals surface area contributed by atoms with Crippen LogP contribution in [0.4, 0.5) is 0 Å². The largest absolute Gasteiger partial charge is 0.385 e. The molecular weight excluding hydrogens is 272 g/mol. The number of ketones is 1. The molecule has 1 aromatic rings. The normalized spacial score (nSPS) is 21.7. The molecule has 0 aliphatic heterocycles. The summed E-state index contributed by atoms with van der Waals surface area (Å²) in [4.78, 5) is 12.9. The van der Waals surface area contributed by atoms with Crippen molar-refractivity contribution in [2.24, 2.45) is 5.92 Å². The lowest BCUT2D eigenvalue weighted by atomic mass is 9.75. The van der Waals surface area contributed by atoms with Gasteiger partial charge in [-0.2, -0.15) is 0 Å². The van der Waals surface area contributed by atoms with Gasteiger partial charge in [0.15, 0.2) is 5.78 Å². The first-order valence-electron chi connectivity index (χ1n) is 8.33. The summed E-state index contributed by atoms with van der Waals surface area (Å²) in [5.74, 6) is -0.312.